The molecule has 0 aliphatic rings. The summed E-state index contributed by atoms with van der Waals surface area (Å²) in [4.78, 5) is 16.6. The molecule has 154 valence electrons. The largest absolute Gasteiger partial charge is 0.493 e. The maximum Gasteiger partial charge on any atom is 0.241 e. The number of carbonyl (C=O) groups excluding carboxylic acids is 1. The standard InChI is InChI=1S/C23H29N3O3/c1-17-7-9-20(13-18(17)2)26(12-6-11-24)23(27)16-25(3)15-19-8-10-21(28-4)22(14-19)29-5/h7-10,13-14H,6,12,15-16H2,1-5H3. The molecule has 0 aliphatic heterocycles. The lowest BCUT2D eigenvalue weighted by atomic mass is 10.1. The number of likely N-dealkylation sites (N-methyl/N-ethyl adjacent to an activating group) is 1. The maximum atomic E-state index is 13.0. The normalized spacial score (nSPS) is 10.5. The molecule has 0 radical (unpaired) electrons. The van der Waals surface area contributed by atoms with Crippen LogP contribution in [0.25, 0.3) is 0 Å². The van der Waals surface area contributed by atoms with Gasteiger partial charge in [0.25, 0.3) is 0 Å². The third-order valence-electron chi connectivity index (χ3n) is 4.86. The highest BCUT2D eigenvalue weighted by molar-refractivity contribution is 5.95. The summed E-state index contributed by atoms with van der Waals surface area (Å²) in [5.74, 6) is 1.30. The summed E-state index contributed by atoms with van der Waals surface area (Å²) in [6, 6.07) is 13.8. The van der Waals surface area contributed by atoms with Gasteiger partial charge in [-0.05, 0) is 61.9 Å². The first-order valence-electron chi connectivity index (χ1n) is 9.53. The van der Waals surface area contributed by atoms with E-state index in [0.29, 0.717) is 24.6 Å². The first-order valence-corrected chi connectivity index (χ1v) is 9.53. The highest BCUT2D eigenvalue weighted by atomic mass is 16.5. The van der Waals surface area contributed by atoms with Crippen molar-refractivity contribution in [2.45, 2.75) is 26.8 Å². The van der Waals surface area contributed by atoms with Gasteiger partial charge in [0.2, 0.25) is 5.91 Å². The summed E-state index contributed by atoms with van der Waals surface area (Å²) >= 11 is 0. The van der Waals surface area contributed by atoms with E-state index in [2.05, 4.69) is 6.07 Å². The van der Waals surface area contributed by atoms with Crippen LogP contribution in [0.4, 0.5) is 5.69 Å². The Bertz CT molecular complexity index is 889. The predicted octanol–water partition coefficient (Wildman–Crippen LogP) is 3.70. The van der Waals surface area contributed by atoms with Crippen LogP contribution in [0.1, 0.15) is 23.1 Å². The van der Waals surface area contributed by atoms with Crippen molar-refractivity contribution in [2.24, 2.45) is 0 Å². The average Bonchev–Trinajstić information content (AvgIpc) is 2.70. The van der Waals surface area contributed by atoms with Gasteiger partial charge in [-0.2, -0.15) is 5.26 Å². The third kappa shape index (κ3) is 5.97. The second-order valence-electron chi connectivity index (χ2n) is 7.08. The molecule has 2 aromatic rings. The minimum Gasteiger partial charge on any atom is -0.493 e. The molecule has 29 heavy (non-hydrogen) atoms. The van der Waals surface area contributed by atoms with Crippen LogP contribution in [0.15, 0.2) is 36.4 Å². The van der Waals surface area contributed by atoms with E-state index in [1.165, 1.54) is 5.56 Å². The van der Waals surface area contributed by atoms with Crippen LogP contribution in [0, 0.1) is 25.2 Å². The molecule has 0 heterocycles. The van der Waals surface area contributed by atoms with Crippen molar-refractivity contribution in [2.75, 3.05) is 39.3 Å². The molecule has 0 N–H and O–H groups in total. The highest BCUT2D eigenvalue weighted by Gasteiger charge is 2.18. The summed E-state index contributed by atoms with van der Waals surface area (Å²) in [6.07, 6.45) is 0.290. The minimum atomic E-state index is -0.0357. The number of amides is 1. The molecular formula is C23H29N3O3. The second-order valence-corrected chi connectivity index (χ2v) is 7.08. The van der Waals surface area contributed by atoms with Gasteiger partial charge in [0, 0.05) is 18.8 Å². The molecule has 1 amide bonds. The molecule has 0 aliphatic carbocycles. The van der Waals surface area contributed by atoms with Gasteiger partial charge >= 0.3 is 0 Å². The van der Waals surface area contributed by atoms with E-state index in [-0.39, 0.29) is 18.9 Å². The number of rotatable bonds is 9. The zero-order valence-electron chi connectivity index (χ0n) is 17.9. The van der Waals surface area contributed by atoms with Crippen molar-refractivity contribution in [3.63, 3.8) is 0 Å². The molecule has 0 unspecified atom stereocenters. The van der Waals surface area contributed by atoms with E-state index in [0.717, 1.165) is 16.8 Å². The van der Waals surface area contributed by atoms with Crippen LogP contribution in [0.3, 0.4) is 0 Å². The van der Waals surface area contributed by atoms with Crippen molar-refractivity contribution < 1.29 is 14.3 Å². The number of ether oxygens (including phenoxy) is 2. The number of benzene rings is 2. The fraction of sp³-hybridized carbons (Fsp3) is 0.391. The molecule has 0 spiro atoms. The Morgan fingerprint density at radius 2 is 1.76 bits per heavy atom. The van der Waals surface area contributed by atoms with E-state index in [1.54, 1.807) is 19.1 Å². The molecule has 2 aromatic carbocycles. The summed E-state index contributed by atoms with van der Waals surface area (Å²) in [5, 5.41) is 8.99. The van der Waals surface area contributed by atoms with Crippen LogP contribution in [-0.4, -0.2) is 45.2 Å². The molecule has 0 bridgehead atoms. The van der Waals surface area contributed by atoms with Crippen LogP contribution < -0.4 is 14.4 Å². The summed E-state index contributed by atoms with van der Waals surface area (Å²) in [6.45, 7) is 5.27. The number of methoxy groups -OCH3 is 2. The van der Waals surface area contributed by atoms with Gasteiger partial charge in [0.1, 0.15) is 0 Å². The van der Waals surface area contributed by atoms with Crippen LogP contribution in [0.5, 0.6) is 11.5 Å². The number of nitriles is 1. The Kier molecular flexibility index (Phi) is 8.05. The average molecular weight is 396 g/mol. The summed E-state index contributed by atoms with van der Waals surface area (Å²) in [7, 11) is 5.11. The van der Waals surface area contributed by atoms with Crippen molar-refractivity contribution in [1.82, 2.24) is 4.90 Å². The lowest BCUT2D eigenvalue weighted by molar-refractivity contribution is -0.119. The smallest absolute Gasteiger partial charge is 0.241 e. The van der Waals surface area contributed by atoms with Gasteiger partial charge in [-0.3, -0.25) is 9.69 Å². The number of hydrogen-bond acceptors (Lipinski definition) is 5. The van der Waals surface area contributed by atoms with Crippen LogP contribution in [0.2, 0.25) is 0 Å². The molecule has 0 aromatic heterocycles. The Hall–Kier alpha value is -3.04. The summed E-state index contributed by atoms with van der Waals surface area (Å²) < 4.78 is 10.6. The lowest BCUT2D eigenvalue weighted by Crippen LogP contribution is -2.39. The van der Waals surface area contributed by atoms with Gasteiger partial charge in [0.05, 0.1) is 33.3 Å². The van der Waals surface area contributed by atoms with Crippen molar-refractivity contribution in [3.8, 4) is 17.6 Å². The van der Waals surface area contributed by atoms with E-state index >= 15 is 0 Å². The number of aryl methyl sites for hydroxylation is 2. The lowest BCUT2D eigenvalue weighted by Gasteiger charge is -2.26. The molecular weight excluding hydrogens is 366 g/mol. The quantitative estimate of drug-likeness (QED) is 0.648. The Morgan fingerprint density at radius 1 is 1.03 bits per heavy atom. The zero-order chi connectivity index (χ0) is 21.4. The number of carbonyl (C=O) groups is 1. The Morgan fingerprint density at radius 3 is 2.38 bits per heavy atom. The van der Waals surface area contributed by atoms with Gasteiger partial charge < -0.3 is 14.4 Å². The maximum absolute atomic E-state index is 13.0. The summed E-state index contributed by atoms with van der Waals surface area (Å²) in [5.41, 5.74) is 4.14. The van der Waals surface area contributed by atoms with Gasteiger partial charge in [0.15, 0.2) is 11.5 Å². The fourth-order valence-corrected chi connectivity index (χ4v) is 3.12. The zero-order valence-corrected chi connectivity index (χ0v) is 17.9. The van der Waals surface area contributed by atoms with E-state index < -0.39 is 0 Å². The minimum absolute atomic E-state index is 0.0357. The molecule has 0 fully saturated rings. The van der Waals surface area contributed by atoms with E-state index in [4.69, 9.17) is 14.7 Å². The highest BCUT2D eigenvalue weighted by Crippen LogP contribution is 2.28. The predicted molar refractivity (Wildman–Crippen MR) is 114 cm³/mol. The molecule has 0 saturated carbocycles. The number of anilines is 1. The Labute approximate surface area is 173 Å². The van der Waals surface area contributed by atoms with E-state index in [1.807, 2.05) is 62.2 Å². The number of nitrogens with zero attached hydrogens (tertiary/aromatic N) is 3. The van der Waals surface area contributed by atoms with Gasteiger partial charge in [-0.15, -0.1) is 0 Å². The Balaban J connectivity index is 2.11. The third-order valence-corrected chi connectivity index (χ3v) is 4.86. The fourth-order valence-electron chi connectivity index (χ4n) is 3.12. The van der Waals surface area contributed by atoms with Crippen LogP contribution >= 0.6 is 0 Å². The molecule has 0 saturated heterocycles. The molecule has 6 heteroatoms. The van der Waals surface area contributed by atoms with E-state index in [9.17, 15) is 4.79 Å². The van der Waals surface area contributed by atoms with Crippen molar-refractivity contribution in [3.05, 3.63) is 53.1 Å². The van der Waals surface area contributed by atoms with Crippen molar-refractivity contribution in [1.29, 1.82) is 5.26 Å². The molecule has 6 nitrogen and oxygen atoms in total. The van der Waals surface area contributed by atoms with Gasteiger partial charge in [-0.1, -0.05) is 12.1 Å². The van der Waals surface area contributed by atoms with Crippen molar-refractivity contribution >= 4 is 11.6 Å². The van der Waals surface area contributed by atoms with Gasteiger partial charge in [-0.25, -0.2) is 0 Å². The molecule has 0 atom stereocenters. The first-order chi connectivity index (χ1) is 13.9. The molecule has 2 rings (SSSR count). The second kappa shape index (κ2) is 10.5. The SMILES string of the molecule is COc1ccc(CN(C)CC(=O)N(CCC#N)c2ccc(C)c(C)c2)cc1OC. The van der Waals surface area contributed by atoms with Crippen LogP contribution in [-0.2, 0) is 11.3 Å². The topological polar surface area (TPSA) is 65.8 Å². The monoisotopic (exact) mass is 395 g/mol. The first kappa shape index (κ1) is 22.3. The number of hydrogen-bond donors (Lipinski definition) is 0.